The van der Waals surface area contributed by atoms with Gasteiger partial charge in [0, 0.05) is 11.8 Å². The van der Waals surface area contributed by atoms with Crippen LogP contribution >= 0.6 is 11.6 Å². The SMILES string of the molecule is Cc1ccc(NC(=O)c2ccc(Cl)c(S(C)(=O)=O)c2)c(OCc2ccccc2)c1. The number of amides is 1. The Bertz CT molecular complexity index is 1140. The molecule has 0 spiro atoms. The van der Waals surface area contributed by atoms with E-state index in [1.54, 1.807) is 6.07 Å². The first-order valence-electron chi connectivity index (χ1n) is 8.82. The fraction of sp³-hybridized carbons (Fsp3) is 0.136. The van der Waals surface area contributed by atoms with E-state index in [9.17, 15) is 13.2 Å². The number of ether oxygens (including phenoxy) is 1. The predicted octanol–water partition coefficient (Wildman–Crippen LogP) is 4.88. The molecule has 3 aromatic carbocycles. The fourth-order valence-corrected chi connectivity index (χ4v) is 4.01. The monoisotopic (exact) mass is 429 g/mol. The van der Waals surface area contributed by atoms with Crippen LogP contribution in [0.15, 0.2) is 71.6 Å². The summed E-state index contributed by atoms with van der Waals surface area (Å²) in [6.07, 6.45) is 1.05. The Morgan fingerprint density at radius 2 is 1.76 bits per heavy atom. The van der Waals surface area contributed by atoms with E-state index in [-0.39, 0.29) is 15.5 Å². The highest BCUT2D eigenvalue weighted by Gasteiger charge is 2.17. The summed E-state index contributed by atoms with van der Waals surface area (Å²) >= 11 is 5.96. The lowest BCUT2D eigenvalue weighted by atomic mass is 10.1. The maximum absolute atomic E-state index is 12.7. The normalized spacial score (nSPS) is 11.1. The van der Waals surface area contributed by atoms with Gasteiger partial charge in [-0.3, -0.25) is 4.79 Å². The summed E-state index contributed by atoms with van der Waals surface area (Å²) in [7, 11) is -3.55. The maximum Gasteiger partial charge on any atom is 0.255 e. The summed E-state index contributed by atoms with van der Waals surface area (Å²) in [6, 6.07) is 19.3. The van der Waals surface area contributed by atoms with Crippen LogP contribution in [0.25, 0.3) is 0 Å². The van der Waals surface area contributed by atoms with Crippen molar-refractivity contribution in [2.45, 2.75) is 18.4 Å². The van der Waals surface area contributed by atoms with E-state index in [1.807, 2.05) is 49.4 Å². The quantitative estimate of drug-likeness (QED) is 0.605. The van der Waals surface area contributed by atoms with Gasteiger partial charge in [0.25, 0.3) is 5.91 Å². The molecule has 5 nitrogen and oxygen atoms in total. The number of hydrogen-bond donors (Lipinski definition) is 1. The van der Waals surface area contributed by atoms with Crippen LogP contribution in [0, 0.1) is 6.92 Å². The zero-order chi connectivity index (χ0) is 21.0. The molecule has 0 saturated carbocycles. The molecule has 0 bridgehead atoms. The summed E-state index contributed by atoms with van der Waals surface area (Å²) in [5.41, 5.74) is 2.66. The Hall–Kier alpha value is -2.83. The van der Waals surface area contributed by atoms with Gasteiger partial charge < -0.3 is 10.1 Å². The second-order valence-electron chi connectivity index (χ2n) is 6.65. The van der Waals surface area contributed by atoms with Crippen molar-refractivity contribution in [2.24, 2.45) is 0 Å². The van der Waals surface area contributed by atoms with Crippen LogP contribution in [-0.4, -0.2) is 20.6 Å². The molecule has 3 aromatic rings. The third-order valence-corrected chi connectivity index (χ3v) is 5.79. The molecule has 0 saturated heterocycles. The molecule has 29 heavy (non-hydrogen) atoms. The van der Waals surface area contributed by atoms with E-state index in [0.717, 1.165) is 17.4 Å². The standard InChI is InChI=1S/C22H20ClNO4S/c1-15-8-11-19(20(12-15)28-14-16-6-4-3-5-7-16)24-22(25)17-9-10-18(23)21(13-17)29(2,26)27/h3-13H,14H2,1-2H3,(H,24,25). The van der Waals surface area contributed by atoms with Crippen molar-refractivity contribution >= 4 is 33.0 Å². The average molecular weight is 430 g/mol. The van der Waals surface area contributed by atoms with Crippen LogP contribution in [0.2, 0.25) is 5.02 Å². The maximum atomic E-state index is 12.7. The minimum atomic E-state index is -3.55. The summed E-state index contributed by atoms with van der Waals surface area (Å²) in [5.74, 6) is 0.0690. The van der Waals surface area contributed by atoms with Gasteiger partial charge in [0.05, 0.1) is 15.6 Å². The summed E-state index contributed by atoms with van der Waals surface area (Å²) in [6.45, 7) is 2.28. The number of halogens is 1. The molecule has 1 amide bonds. The second-order valence-corrected chi connectivity index (χ2v) is 9.04. The van der Waals surface area contributed by atoms with E-state index in [1.165, 1.54) is 18.2 Å². The van der Waals surface area contributed by atoms with Gasteiger partial charge in [0.2, 0.25) is 0 Å². The number of sulfone groups is 1. The highest BCUT2D eigenvalue weighted by molar-refractivity contribution is 7.90. The Morgan fingerprint density at radius 3 is 2.45 bits per heavy atom. The lowest BCUT2D eigenvalue weighted by Crippen LogP contribution is -2.14. The number of hydrogen-bond acceptors (Lipinski definition) is 4. The average Bonchev–Trinajstić information content (AvgIpc) is 2.68. The molecule has 0 atom stereocenters. The number of carbonyl (C=O) groups is 1. The third-order valence-electron chi connectivity index (χ3n) is 4.22. The highest BCUT2D eigenvalue weighted by Crippen LogP contribution is 2.28. The molecular weight excluding hydrogens is 410 g/mol. The van der Waals surface area contributed by atoms with Crippen molar-refractivity contribution in [3.63, 3.8) is 0 Å². The first kappa shape index (κ1) is 20.9. The topological polar surface area (TPSA) is 72.5 Å². The van der Waals surface area contributed by atoms with Crippen molar-refractivity contribution in [3.8, 4) is 5.75 Å². The summed E-state index contributed by atoms with van der Waals surface area (Å²) < 4.78 is 29.6. The summed E-state index contributed by atoms with van der Waals surface area (Å²) in [5, 5.41) is 2.86. The zero-order valence-electron chi connectivity index (χ0n) is 16.0. The highest BCUT2D eigenvalue weighted by atomic mass is 35.5. The molecule has 0 heterocycles. The fourth-order valence-electron chi connectivity index (χ4n) is 2.71. The van der Waals surface area contributed by atoms with Crippen molar-refractivity contribution in [1.29, 1.82) is 0 Å². The summed E-state index contributed by atoms with van der Waals surface area (Å²) in [4.78, 5) is 12.6. The van der Waals surface area contributed by atoms with E-state index < -0.39 is 15.7 Å². The minimum Gasteiger partial charge on any atom is -0.487 e. The molecule has 150 valence electrons. The molecular formula is C22H20ClNO4S. The van der Waals surface area contributed by atoms with Crippen molar-refractivity contribution in [3.05, 3.63) is 88.4 Å². The molecule has 7 heteroatoms. The van der Waals surface area contributed by atoms with Crippen LogP contribution in [0.5, 0.6) is 5.75 Å². The molecule has 0 aliphatic heterocycles. The first-order valence-corrected chi connectivity index (χ1v) is 11.1. The van der Waals surface area contributed by atoms with Gasteiger partial charge in [0.15, 0.2) is 9.84 Å². The van der Waals surface area contributed by atoms with Crippen LogP contribution in [0.3, 0.4) is 0 Å². The molecule has 0 fully saturated rings. The molecule has 0 unspecified atom stereocenters. The van der Waals surface area contributed by atoms with Crippen LogP contribution in [0.1, 0.15) is 21.5 Å². The number of anilines is 1. The number of benzene rings is 3. The Morgan fingerprint density at radius 1 is 1.03 bits per heavy atom. The number of carbonyl (C=O) groups excluding carboxylic acids is 1. The van der Waals surface area contributed by atoms with Gasteiger partial charge in [-0.25, -0.2) is 8.42 Å². The third kappa shape index (κ3) is 5.37. The van der Waals surface area contributed by atoms with Crippen molar-refractivity contribution < 1.29 is 17.9 Å². The van der Waals surface area contributed by atoms with Gasteiger partial charge in [-0.05, 0) is 48.4 Å². The van der Waals surface area contributed by atoms with E-state index in [2.05, 4.69) is 5.32 Å². The first-order chi connectivity index (χ1) is 13.7. The zero-order valence-corrected chi connectivity index (χ0v) is 17.5. The van der Waals surface area contributed by atoms with Crippen LogP contribution in [-0.2, 0) is 16.4 Å². The molecule has 0 aromatic heterocycles. The lowest BCUT2D eigenvalue weighted by Gasteiger charge is -2.14. The molecule has 0 aliphatic carbocycles. The second kappa shape index (κ2) is 8.68. The van der Waals surface area contributed by atoms with Crippen molar-refractivity contribution in [2.75, 3.05) is 11.6 Å². The number of aryl methyl sites for hydroxylation is 1. The van der Waals surface area contributed by atoms with E-state index >= 15 is 0 Å². The van der Waals surface area contributed by atoms with Gasteiger partial charge >= 0.3 is 0 Å². The van der Waals surface area contributed by atoms with Gasteiger partial charge in [-0.2, -0.15) is 0 Å². The predicted molar refractivity (Wildman–Crippen MR) is 114 cm³/mol. The largest absolute Gasteiger partial charge is 0.487 e. The lowest BCUT2D eigenvalue weighted by molar-refractivity contribution is 0.102. The Kier molecular flexibility index (Phi) is 6.25. The van der Waals surface area contributed by atoms with E-state index in [4.69, 9.17) is 16.3 Å². The number of nitrogens with one attached hydrogen (secondary N) is 1. The Balaban J connectivity index is 1.84. The minimum absolute atomic E-state index is 0.0752. The van der Waals surface area contributed by atoms with Gasteiger partial charge in [-0.1, -0.05) is 48.0 Å². The van der Waals surface area contributed by atoms with Crippen molar-refractivity contribution in [1.82, 2.24) is 0 Å². The number of rotatable bonds is 6. The van der Waals surface area contributed by atoms with Gasteiger partial charge in [0.1, 0.15) is 12.4 Å². The molecule has 0 aliphatic rings. The van der Waals surface area contributed by atoms with E-state index in [0.29, 0.717) is 18.0 Å². The smallest absolute Gasteiger partial charge is 0.255 e. The van der Waals surface area contributed by atoms with Crippen LogP contribution < -0.4 is 10.1 Å². The Labute approximate surface area is 175 Å². The van der Waals surface area contributed by atoms with Gasteiger partial charge in [-0.15, -0.1) is 0 Å². The molecule has 0 radical (unpaired) electrons. The molecule has 3 rings (SSSR count). The molecule has 1 N–H and O–H groups in total. The van der Waals surface area contributed by atoms with Crippen LogP contribution in [0.4, 0.5) is 5.69 Å².